The number of rotatable bonds is 3. The van der Waals surface area contributed by atoms with Crippen LogP contribution < -0.4 is 5.32 Å². The third-order valence-electron chi connectivity index (χ3n) is 3.55. The molecular formula is C13H14F2N4O2. The molecule has 2 aromatic rings. The van der Waals surface area contributed by atoms with Crippen LogP contribution in [0.4, 0.5) is 14.7 Å². The van der Waals surface area contributed by atoms with E-state index in [1.807, 2.05) is 4.57 Å². The normalized spacial score (nSPS) is 18.3. The van der Waals surface area contributed by atoms with Gasteiger partial charge in [0, 0.05) is 43.8 Å². The van der Waals surface area contributed by atoms with Gasteiger partial charge in [0.15, 0.2) is 5.69 Å². The van der Waals surface area contributed by atoms with Crippen LogP contribution in [0.5, 0.6) is 0 Å². The molecule has 2 aromatic heterocycles. The number of hydrogen-bond acceptors (Lipinski definition) is 4. The highest BCUT2D eigenvalue weighted by Crippen LogP contribution is 2.28. The van der Waals surface area contributed by atoms with E-state index in [0.29, 0.717) is 19.4 Å². The van der Waals surface area contributed by atoms with Gasteiger partial charge in [-0.3, -0.25) is 10.1 Å². The SMILES string of the molecule is CC(F)(F)c1cc(NC(=O)C2CCn3cncc3C2)on1. The number of carbonyl (C=O) groups is 1. The van der Waals surface area contributed by atoms with E-state index < -0.39 is 11.6 Å². The first kappa shape index (κ1) is 13.7. The minimum absolute atomic E-state index is 0.0596. The zero-order valence-electron chi connectivity index (χ0n) is 11.3. The summed E-state index contributed by atoms with van der Waals surface area (Å²) in [5, 5.41) is 5.76. The van der Waals surface area contributed by atoms with Gasteiger partial charge in [0.05, 0.1) is 6.33 Å². The second kappa shape index (κ2) is 4.94. The van der Waals surface area contributed by atoms with Crippen molar-refractivity contribution in [2.75, 3.05) is 5.32 Å². The molecule has 0 radical (unpaired) electrons. The van der Waals surface area contributed by atoms with Crippen LogP contribution in [0, 0.1) is 5.92 Å². The fourth-order valence-electron chi connectivity index (χ4n) is 2.36. The molecule has 8 heteroatoms. The fourth-order valence-corrected chi connectivity index (χ4v) is 2.36. The maximum Gasteiger partial charge on any atom is 0.290 e. The molecule has 0 aliphatic carbocycles. The largest absolute Gasteiger partial charge is 0.338 e. The van der Waals surface area contributed by atoms with Crippen LogP contribution >= 0.6 is 0 Å². The zero-order chi connectivity index (χ0) is 15.0. The van der Waals surface area contributed by atoms with E-state index in [-0.39, 0.29) is 17.7 Å². The Balaban J connectivity index is 1.66. The highest BCUT2D eigenvalue weighted by Gasteiger charge is 2.30. The van der Waals surface area contributed by atoms with Gasteiger partial charge in [-0.2, -0.15) is 8.78 Å². The van der Waals surface area contributed by atoms with Crippen molar-refractivity contribution in [2.45, 2.75) is 32.2 Å². The summed E-state index contributed by atoms with van der Waals surface area (Å²) in [4.78, 5) is 16.2. The minimum Gasteiger partial charge on any atom is -0.338 e. The Kier molecular flexibility index (Phi) is 3.23. The number of hydrogen-bond donors (Lipinski definition) is 1. The van der Waals surface area contributed by atoms with Crippen molar-refractivity contribution >= 4 is 11.8 Å². The van der Waals surface area contributed by atoms with E-state index in [1.165, 1.54) is 0 Å². The lowest BCUT2D eigenvalue weighted by Gasteiger charge is -2.22. The maximum atomic E-state index is 13.0. The predicted molar refractivity (Wildman–Crippen MR) is 68.7 cm³/mol. The Labute approximate surface area is 119 Å². The van der Waals surface area contributed by atoms with Crippen LogP contribution in [0.25, 0.3) is 0 Å². The van der Waals surface area contributed by atoms with Gasteiger partial charge in [-0.15, -0.1) is 0 Å². The number of imidazole rings is 1. The lowest BCUT2D eigenvalue weighted by molar-refractivity contribution is -0.120. The summed E-state index contributed by atoms with van der Waals surface area (Å²) in [5.74, 6) is -3.64. The smallest absolute Gasteiger partial charge is 0.290 e. The van der Waals surface area contributed by atoms with Crippen LogP contribution in [0.3, 0.4) is 0 Å². The average molecular weight is 296 g/mol. The molecule has 1 unspecified atom stereocenters. The standard InChI is InChI=1S/C13H14F2N4O2/c1-13(14,15)10-5-11(21-18-10)17-12(20)8-2-3-19-7-16-6-9(19)4-8/h5-8H,2-4H2,1H3,(H,17,20). The number of alkyl halides is 2. The molecule has 0 aromatic carbocycles. The molecule has 0 fully saturated rings. The minimum atomic E-state index is -3.09. The van der Waals surface area contributed by atoms with Gasteiger partial charge in [-0.05, 0) is 6.42 Å². The Hall–Kier alpha value is -2.25. The molecule has 6 nitrogen and oxygen atoms in total. The molecule has 21 heavy (non-hydrogen) atoms. The van der Waals surface area contributed by atoms with Crippen molar-refractivity contribution in [3.63, 3.8) is 0 Å². The summed E-state index contributed by atoms with van der Waals surface area (Å²) >= 11 is 0. The Morgan fingerprint density at radius 1 is 1.57 bits per heavy atom. The Morgan fingerprint density at radius 3 is 3.10 bits per heavy atom. The van der Waals surface area contributed by atoms with E-state index >= 15 is 0 Å². The van der Waals surface area contributed by atoms with E-state index in [9.17, 15) is 13.6 Å². The Bertz CT molecular complexity index is 659. The Morgan fingerprint density at radius 2 is 2.38 bits per heavy atom. The summed E-state index contributed by atoms with van der Waals surface area (Å²) in [6.07, 6.45) is 4.69. The van der Waals surface area contributed by atoms with Gasteiger partial charge >= 0.3 is 0 Å². The van der Waals surface area contributed by atoms with Crippen molar-refractivity contribution < 1.29 is 18.1 Å². The van der Waals surface area contributed by atoms with Crippen LogP contribution in [0.15, 0.2) is 23.1 Å². The molecule has 1 atom stereocenters. The third kappa shape index (κ3) is 2.79. The molecule has 0 bridgehead atoms. The number of nitrogens with one attached hydrogen (secondary N) is 1. The van der Waals surface area contributed by atoms with Crippen molar-refractivity contribution in [1.82, 2.24) is 14.7 Å². The van der Waals surface area contributed by atoms with Gasteiger partial charge < -0.3 is 9.09 Å². The van der Waals surface area contributed by atoms with Crippen molar-refractivity contribution in [1.29, 1.82) is 0 Å². The fraction of sp³-hybridized carbons (Fsp3) is 0.462. The maximum absolute atomic E-state index is 13.0. The van der Waals surface area contributed by atoms with Crippen LogP contribution in [-0.4, -0.2) is 20.6 Å². The van der Waals surface area contributed by atoms with Crippen molar-refractivity contribution in [3.8, 4) is 0 Å². The number of fused-ring (bicyclic) bond motifs is 1. The second-order valence-electron chi connectivity index (χ2n) is 5.22. The molecule has 1 N–H and O–H groups in total. The van der Waals surface area contributed by atoms with Gasteiger partial charge in [0.25, 0.3) is 5.92 Å². The first-order chi connectivity index (χ1) is 9.93. The van der Waals surface area contributed by atoms with Gasteiger partial charge in [0.2, 0.25) is 11.8 Å². The quantitative estimate of drug-likeness (QED) is 0.942. The number of carbonyl (C=O) groups excluding carboxylic acids is 1. The van der Waals surface area contributed by atoms with Gasteiger partial charge in [-0.25, -0.2) is 4.98 Å². The summed E-state index contributed by atoms with van der Waals surface area (Å²) in [6, 6.07) is 1.05. The van der Waals surface area contributed by atoms with Gasteiger partial charge in [-0.1, -0.05) is 5.16 Å². The predicted octanol–water partition coefficient (Wildman–Crippen LogP) is 2.18. The molecule has 1 amide bonds. The number of amides is 1. The van der Waals surface area contributed by atoms with E-state index in [0.717, 1.165) is 18.7 Å². The first-order valence-corrected chi connectivity index (χ1v) is 6.58. The summed E-state index contributed by atoms with van der Waals surface area (Å²) in [6.45, 7) is 1.43. The topological polar surface area (TPSA) is 73.0 Å². The molecule has 0 saturated carbocycles. The van der Waals surface area contributed by atoms with Crippen molar-refractivity contribution in [2.24, 2.45) is 5.92 Å². The molecule has 3 rings (SSSR count). The molecule has 0 saturated heterocycles. The molecule has 112 valence electrons. The lowest BCUT2D eigenvalue weighted by atomic mass is 9.95. The number of aryl methyl sites for hydroxylation is 1. The summed E-state index contributed by atoms with van der Waals surface area (Å²) < 4.78 is 32.8. The average Bonchev–Trinajstić information content (AvgIpc) is 3.04. The summed E-state index contributed by atoms with van der Waals surface area (Å²) in [7, 11) is 0. The number of aromatic nitrogens is 3. The van der Waals surface area contributed by atoms with Crippen LogP contribution in [0.2, 0.25) is 0 Å². The van der Waals surface area contributed by atoms with E-state index in [4.69, 9.17) is 4.52 Å². The van der Waals surface area contributed by atoms with E-state index in [2.05, 4.69) is 15.5 Å². The highest BCUT2D eigenvalue weighted by atomic mass is 19.3. The molecule has 3 heterocycles. The molecule has 0 spiro atoms. The monoisotopic (exact) mass is 296 g/mol. The van der Waals surface area contributed by atoms with Gasteiger partial charge in [0.1, 0.15) is 0 Å². The molecule has 1 aliphatic rings. The number of halogens is 2. The van der Waals surface area contributed by atoms with Crippen molar-refractivity contribution in [3.05, 3.63) is 30.0 Å². The molecule has 1 aliphatic heterocycles. The first-order valence-electron chi connectivity index (χ1n) is 6.58. The second-order valence-corrected chi connectivity index (χ2v) is 5.22. The highest BCUT2D eigenvalue weighted by molar-refractivity contribution is 5.91. The number of anilines is 1. The molecular weight excluding hydrogens is 282 g/mol. The lowest BCUT2D eigenvalue weighted by Crippen LogP contribution is -2.29. The summed E-state index contributed by atoms with van der Waals surface area (Å²) in [5.41, 5.74) is 0.485. The van der Waals surface area contributed by atoms with E-state index in [1.54, 1.807) is 12.5 Å². The number of nitrogens with zero attached hydrogens (tertiary/aromatic N) is 3. The third-order valence-corrected chi connectivity index (χ3v) is 3.55. The zero-order valence-corrected chi connectivity index (χ0v) is 11.3. The van der Waals surface area contributed by atoms with Crippen LogP contribution in [-0.2, 0) is 23.7 Å². The van der Waals surface area contributed by atoms with Crippen LogP contribution in [0.1, 0.15) is 24.7 Å².